The summed E-state index contributed by atoms with van der Waals surface area (Å²) in [7, 11) is 0. The number of nitrogens with zero attached hydrogens (tertiary/aromatic N) is 3. The van der Waals surface area contributed by atoms with Crippen molar-refractivity contribution in [3.05, 3.63) is 52.6 Å². The Labute approximate surface area is 295 Å². The van der Waals surface area contributed by atoms with Gasteiger partial charge in [-0.3, -0.25) is 19.0 Å². The van der Waals surface area contributed by atoms with Crippen molar-refractivity contribution in [1.82, 2.24) is 19.8 Å². The first-order valence-electron chi connectivity index (χ1n) is 17.6. The van der Waals surface area contributed by atoms with E-state index in [0.717, 1.165) is 24.8 Å². The first-order valence-corrected chi connectivity index (χ1v) is 17.6. The number of carbonyl (C=O) groups is 4. The highest BCUT2D eigenvalue weighted by Gasteiger charge is 2.40. The third kappa shape index (κ3) is 9.01. The summed E-state index contributed by atoms with van der Waals surface area (Å²) in [6, 6.07) is 6.80. The third-order valence-electron chi connectivity index (χ3n) is 9.44. The molecule has 6 N–H and O–H groups in total. The number of aromatic nitrogens is 2. The fourth-order valence-electron chi connectivity index (χ4n) is 6.55. The number of nitrogens with one attached hydrogen (secondary N) is 1. The lowest BCUT2D eigenvalue weighted by molar-refractivity contribution is -0.155. The summed E-state index contributed by atoms with van der Waals surface area (Å²) in [6.45, 7) is 5.57. The van der Waals surface area contributed by atoms with Gasteiger partial charge in [0.25, 0.3) is 0 Å². The molecule has 1 aromatic carbocycles. The van der Waals surface area contributed by atoms with Gasteiger partial charge in [-0.1, -0.05) is 57.9 Å². The second kappa shape index (κ2) is 16.6. The maximum absolute atomic E-state index is 13.2. The van der Waals surface area contributed by atoms with Crippen LogP contribution in [0.5, 0.6) is 0 Å². The Morgan fingerprint density at radius 2 is 1.90 bits per heavy atom. The van der Waals surface area contributed by atoms with Gasteiger partial charge in [0.2, 0.25) is 23.4 Å². The van der Waals surface area contributed by atoms with Gasteiger partial charge in [0.05, 0.1) is 24.0 Å². The smallest absolute Gasteiger partial charge is 0.353 e. The number of nitrogens with two attached hydrogens (primary N) is 2. The van der Waals surface area contributed by atoms with Gasteiger partial charge in [-0.05, 0) is 43.2 Å². The average molecular weight is 709 g/mol. The van der Waals surface area contributed by atoms with E-state index in [0.29, 0.717) is 24.0 Å². The van der Waals surface area contributed by atoms with Gasteiger partial charge in [0, 0.05) is 24.7 Å². The van der Waals surface area contributed by atoms with Crippen LogP contribution < -0.4 is 22.5 Å². The highest BCUT2D eigenvalue weighted by molar-refractivity contribution is 5.94. The molecule has 0 spiro atoms. The lowest BCUT2D eigenvalue weighted by Gasteiger charge is -2.29. The van der Waals surface area contributed by atoms with Crippen molar-refractivity contribution < 1.29 is 38.2 Å². The maximum atomic E-state index is 13.2. The summed E-state index contributed by atoms with van der Waals surface area (Å²) < 4.78 is 18.7. The Kier molecular flexibility index (Phi) is 12.3. The Morgan fingerprint density at radius 3 is 2.59 bits per heavy atom. The number of primary amides is 1. The Hall–Kier alpha value is -4.60. The van der Waals surface area contributed by atoms with E-state index in [9.17, 15) is 29.1 Å². The lowest BCUT2D eigenvalue weighted by Crippen LogP contribution is -2.55. The number of hydrogen-bond donors (Lipinski definition) is 4. The molecule has 0 bridgehead atoms. The quantitative estimate of drug-likeness (QED) is 0.132. The molecule has 0 saturated carbocycles. The first kappa shape index (κ1) is 37.7. The number of aliphatic hydroxyl groups is 1. The fraction of sp³-hybridized carbons (Fsp3) is 0.556. The van der Waals surface area contributed by atoms with Gasteiger partial charge in [0.1, 0.15) is 36.8 Å². The number of likely N-dealkylation sites (tertiary alicyclic amines) is 1. The number of carbonyl (C=O) groups excluding carboxylic acids is 4. The van der Waals surface area contributed by atoms with Crippen LogP contribution in [0.25, 0.3) is 22.4 Å². The summed E-state index contributed by atoms with van der Waals surface area (Å²) in [5.74, 6) is -2.42. The Balaban J connectivity index is 1.19. The molecule has 51 heavy (non-hydrogen) atoms. The predicted molar refractivity (Wildman–Crippen MR) is 186 cm³/mol. The van der Waals surface area contributed by atoms with Crippen LogP contribution in [0, 0.1) is 5.92 Å². The second-order valence-electron chi connectivity index (χ2n) is 13.7. The number of amides is 3. The van der Waals surface area contributed by atoms with E-state index >= 15 is 0 Å². The molecule has 0 radical (unpaired) electrons. The molecule has 3 aromatic rings. The molecule has 2 aromatic heterocycles. The van der Waals surface area contributed by atoms with Crippen LogP contribution in [0.2, 0.25) is 0 Å². The number of furan rings is 1. The summed E-state index contributed by atoms with van der Waals surface area (Å²) in [6.07, 6.45) is 3.79. The summed E-state index contributed by atoms with van der Waals surface area (Å²) in [4.78, 5) is 68.9. The zero-order valence-corrected chi connectivity index (χ0v) is 29.3. The molecule has 2 aliphatic rings. The zero-order valence-electron chi connectivity index (χ0n) is 29.3. The third-order valence-corrected chi connectivity index (χ3v) is 9.44. The summed E-state index contributed by atoms with van der Waals surface area (Å²) >= 11 is 0. The van der Waals surface area contributed by atoms with E-state index in [-0.39, 0.29) is 37.6 Å². The van der Waals surface area contributed by atoms with Gasteiger partial charge in [-0.15, -0.1) is 0 Å². The van der Waals surface area contributed by atoms with Crippen molar-refractivity contribution in [1.29, 1.82) is 0 Å². The normalized spacial score (nSPS) is 21.6. The highest BCUT2D eigenvalue weighted by Crippen LogP contribution is 2.31. The number of fused-ring (bicyclic) bond motifs is 1. The van der Waals surface area contributed by atoms with Gasteiger partial charge in [-0.25, -0.2) is 9.59 Å². The van der Waals surface area contributed by atoms with E-state index in [1.807, 2.05) is 12.1 Å². The molecule has 6 atom stereocenters. The molecule has 0 unspecified atom stereocenters. The van der Waals surface area contributed by atoms with Gasteiger partial charge in [-0.2, -0.15) is 4.98 Å². The number of benzene rings is 1. The molecule has 4 heterocycles. The molecule has 2 fully saturated rings. The number of ether oxygens (including phenoxy) is 2. The Morgan fingerprint density at radius 1 is 1.16 bits per heavy atom. The van der Waals surface area contributed by atoms with Crippen LogP contribution in [0.4, 0.5) is 0 Å². The number of rotatable bonds is 15. The number of unbranched alkanes of at least 4 members (excludes halogenated alkanes) is 2. The van der Waals surface area contributed by atoms with Crippen molar-refractivity contribution in [2.75, 3.05) is 13.2 Å². The topological polar surface area (TPSA) is 222 Å². The molecule has 15 nitrogen and oxygen atoms in total. The lowest BCUT2D eigenvalue weighted by atomic mass is 10.0. The van der Waals surface area contributed by atoms with Crippen molar-refractivity contribution in [2.45, 2.75) is 109 Å². The number of aryl methyl sites for hydroxylation is 1. The van der Waals surface area contributed by atoms with Crippen LogP contribution in [0.3, 0.4) is 0 Å². The minimum atomic E-state index is -1.17. The van der Waals surface area contributed by atoms with Crippen LogP contribution >= 0.6 is 0 Å². The van der Waals surface area contributed by atoms with Crippen molar-refractivity contribution >= 4 is 34.8 Å². The van der Waals surface area contributed by atoms with Gasteiger partial charge < -0.3 is 40.7 Å². The maximum Gasteiger partial charge on any atom is 0.353 e. The minimum Gasteiger partial charge on any atom is -0.461 e. The van der Waals surface area contributed by atoms with E-state index in [4.69, 9.17) is 25.4 Å². The number of aliphatic hydroxyl groups excluding tert-OH is 1. The van der Waals surface area contributed by atoms with Gasteiger partial charge >= 0.3 is 11.7 Å². The second-order valence-corrected chi connectivity index (χ2v) is 13.7. The van der Waals surface area contributed by atoms with E-state index in [2.05, 4.69) is 29.4 Å². The highest BCUT2D eigenvalue weighted by atomic mass is 16.6. The van der Waals surface area contributed by atoms with Crippen LogP contribution in [-0.2, 0) is 35.1 Å². The van der Waals surface area contributed by atoms with E-state index in [1.165, 1.54) is 21.5 Å². The van der Waals surface area contributed by atoms with E-state index < -0.39 is 65.9 Å². The monoisotopic (exact) mass is 708 g/mol. The van der Waals surface area contributed by atoms with E-state index in [1.54, 1.807) is 26.1 Å². The zero-order chi connectivity index (χ0) is 36.8. The molecule has 0 aliphatic carbocycles. The van der Waals surface area contributed by atoms with Crippen molar-refractivity contribution in [2.24, 2.45) is 17.4 Å². The minimum absolute atomic E-state index is 0.0489. The van der Waals surface area contributed by atoms with Gasteiger partial charge in [0.15, 0.2) is 0 Å². The summed E-state index contributed by atoms with van der Waals surface area (Å²) in [5, 5.41) is 14.1. The molecular weight excluding hydrogens is 660 g/mol. The number of hydrogen-bond acceptors (Lipinski definition) is 11. The SMILES string of the molecule is CCCCCc1ccc(-c2cc3cn([C@H]4C[C@H](O)[C@@H](COC(=O)[C@@H](NC(=O)[C@@H]5CCCN5C(=O)[C@@H](N)CC(N)=O)C(C)C)O4)c(=O)nc3o2)cc1. The Bertz CT molecular complexity index is 1770. The molecule has 3 amide bonds. The summed E-state index contributed by atoms with van der Waals surface area (Å²) in [5.41, 5.74) is 12.7. The molecule has 2 saturated heterocycles. The number of esters is 1. The predicted octanol–water partition coefficient (Wildman–Crippen LogP) is 1.92. The molecule has 2 aliphatic heterocycles. The molecule has 15 heteroatoms. The first-order chi connectivity index (χ1) is 24.4. The van der Waals surface area contributed by atoms with Crippen LogP contribution in [0.1, 0.15) is 77.5 Å². The van der Waals surface area contributed by atoms with Crippen molar-refractivity contribution in [3.63, 3.8) is 0 Å². The fourth-order valence-corrected chi connectivity index (χ4v) is 6.55. The molecule has 5 rings (SSSR count). The largest absolute Gasteiger partial charge is 0.461 e. The molecule has 276 valence electrons. The molecular formula is C36H48N6O9. The standard InChI is InChI=1S/C36H48N6O9/c1-4-5-6-8-21-10-12-22(13-11-21)27-15-23-18-42(36(48)40-33(23)51-27)30-17-26(43)28(50-30)19-49-35(47)31(20(2)3)39-32(45)25-9-7-14-41(25)34(46)24(37)16-29(38)44/h10-13,15,18,20,24-26,28,30-31,43H,4-9,14,16-17,19,37H2,1-3H3,(H2,38,44)(H,39,45)/t24-,25-,26-,28+,30+,31-/m0/s1. The van der Waals surface area contributed by atoms with Crippen LogP contribution in [0.15, 0.2) is 45.7 Å². The average Bonchev–Trinajstić information content (AvgIpc) is 3.83. The van der Waals surface area contributed by atoms with Crippen LogP contribution in [-0.4, -0.2) is 86.7 Å². The van der Waals surface area contributed by atoms with Crippen molar-refractivity contribution in [3.8, 4) is 11.3 Å².